The van der Waals surface area contributed by atoms with Crippen molar-refractivity contribution in [2.45, 2.75) is 19.5 Å². The van der Waals surface area contributed by atoms with Crippen LogP contribution < -0.4 is 5.73 Å². The molecule has 0 saturated heterocycles. The third-order valence-corrected chi connectivity index (χ3v) is 4.01. The van der Waals surface area contributed by atoms with Crippen LogP contribution in [0.15, 0.2) is 24.3 Å². The number of amides is 1. The van der Waals surface area contributed by atoms with Gasteiger partial charge in [-0.3, -0.25) is 14.4 Å². The van der Waals surface area contributed by atoms with Crippen LogP contribution in [0.3, 0.4) is 0 Å². The molecule has 0 bridgehead atoms. The van der Waals surface area contributed by atoms with Crippen molar-refractivity contribution >= 4 is 5.91 Å². The topological polar surface area (TPSA) is 64.2 Å². The molecule has 1 aromatic heterocycles. The fourth-order valence-electron chi connectivity index (χ4n) is 3.05. The highest BCUT2D eigenvalue weighted by Gasteiger charge is 2.31. The molecule has 1 atom stereocenters. The molecular formula is C16H19FN4O. The van der Waals surface area contributed by atoms with Crippen LogP contribution in [0.4, 0.5) is 4.39 Å². The van der Waals surface area contributed by atoms with Crippen molar-refractivity contribution in [3.05, 3.63) is 41.1 Å². The molecule has 0 fully saturated rings. The van der Waals surface area contributed by atoms with Crippen LogP contribution >= 0.6 is 0 Å². The Morgan fingerprint density at radius 2 is 2.27 bits per heavy atom. The van der Waals surface area contributed by atoms with Gasteiger partial charge in [-0.2, -0.15) is 5.10 Å². The first-order chi connectivity index (χ1) is 10.5. The van der Waals surface area contributed by atoms with Gasteiger partial charge >= 0.3 is 0 Å². The van der Waals surface area contributed by atoms with Gasteiger partial charge in [-0.1, -0.05) is 23.8 Å². The molecule has 1 unspecified atom stereocenters. The molecule has 2 N–H and O–H groups in total. The van der Waals surface area contributed by atoms with Gasteiger partial charge in [0.1, 0.15) is 12.4 Å². The molecule has 2 aromatic rings. The van der Waals surface area contributed by atoms with Crippen molar-refractivity contribution in [2.75, 3.05) is 20.3 Å². The number of halogens is 1. The first-order valence-electron chi connectivity index (χ1n) is 7.24. The summed E-state index contributed by atoms with van der Waals surface area (Å²) in [7, 11) is 1.90. The van der Waals surface area contributed by atoms with E-state index >= 15 is 0 Å². The Morgan fingerprint density at radius 1 is 1.50 bits per heavy atom. The highest BCUT2D eigenvalue weighted by atomic mass is 19.1. The largest absolute Gasteiger partial charge is 0.365 e. The number of nitrogens with zero attached hydrogens (tertiary/aromatic N) is 3. The summed E-state index contributed by atoms with van der Waals surface area (Å²) in [5.74, 6) is -0.523. The number of benzene rings is 1. The van der Waals surface area contributed by atoms with Gasteiger partial charge in [0.2, 0.25) is 0 Å². The minimum absolute atomic E-state index is 0.384. The second kappa shape index (κ2) is 5.53. The smallest absolute Gasteiger partial charge is 0.252 e. The van der Waals surface area contributed by atoms with Gasteiger partial charge in [-0.25, -0.2) is 4.39 Å². The average molecular weight is 302 g/mol. The summed E-state index contributed by atoms with van der Waals surface area (Å²) in [6, 6.07) is 7.34. The maximum absolute atomic E-state index is 13.3. The Kier molecular flexibility index (Phi) is 3.70. The lowest BCUT2D eigenvalue weighted by atomic mass is 10.0. The predicted octanol–water partition coefficient (Wildman–Crippen LogP) is 1.91. The number of aryl methyl sites for hydroxylation is 1. The van der Waals surface area contributed by atoms with E-state index < -0.39 is 12.6 Å². The minimum atomic E-state index is -0.523. The highest BCUT2D eigenvalue weighted by molar-refractivity contribution is 6.00. The molecule has 0 spiro atoms. The van der Waals surface area contributed by atoms with Gasteiger partial charge in [0.05, 0.1) is 17.3 Å². The van der Waals surface area contributed by atoms with Crippen LogP contribution in [0, 0.1) is 6.92 Å². The maximum Gasteiger partial charge on any atom is 0.252 e. The second-order valence-electron chi connectivity index (χ2n) is 5.85. The summed E-state index contributed by atoms with van der Waals surface area (Å²) in [4.78, 5) is 14.0. The maximum atomic E-state index is 13.3. The lowest BCUT2D eigenvalue weighted by molar-refractivity contribution is 0.0996. The number of primary amides is 1. The molecule has 1 amide bonds. The van der Waals surface area contributed by atoms with E-state index in [1.54, 1.807) is 4.68 Å². The number of hydrogen-bond acceptors (Lipinski definition) is 3. The zero-order valence-corrected chi connectivity index (χ0v) is 12.7. The quantitative estimate of drug-likeness (QED) is 0.942. The molecule has 1 aromatic carbocycles. The Labute approximate surface area is 128 Å². The summed E-state index contributed by atoms with van der Waals surface area (Å²) in [5, 5.41) is 4.52. The minimum Gasteiger partial charge on any atom is -0.365 e. The summed E-state index contributed by atoms with van der Waals surface area (Å²) >= 11 is 0. The fraction of sp³-hybridized carbons (Fsp3) is 0.375. The molecule has 116 valence electrons. The average Bonchev–Trinajstić information content (AvgIpc) is 2.85. The van der Waals surface area contributed by atoms with E-state index in [9.17, 15) is 9.18 Å². The molecule has 5 nitrogen and oxygen atoms in total. The monoisotopic (exact) mass is 302 g/mol. The molecule has 6 heteroatoms. The number of alkyl halides is 1. The molecular weight excluding hydrogens is 283 g/mol. The van der Waals surface area contributed by atoms with Gasteiger partial charge in [-0.05, 0) is 20.0 Å². The van der Waals surface area contributed by atoms with Crippen molar-refractivity contribution < 1.29 is 9.18 Å². The van der Waals surface area contributed by atoms with E-state index in [0.29, 0.717) is 30.0 Å². The molecule has 3 rings (SSSR count). The second-order valence-corrected chi connectivity index (χ2v) is 5.85. The van der Waals surface area contributed by atoms with E-state index in [-0.39, 0.29) is 6.04 Å². The number of fused-ring (bicyclic) bond motifs is 1. The highest BCUT2D eigenvalue weighted by Crippen LogP contribution is 2.31. The lowest BCUT2D eigenvalue weighted by Gasteiger charge is -2.29. The molecule has 1 aliphatic heterocycles. The van der Waals surface area contributed by atoms with E-state index in [4.69, 9.17) is 5.73 Å². The molecule has 1 aliphatic rings. The van der Waals surface area contributed by atoms with Gasteiger partial charge in [-0.15, -0.1) is 0 Å². The first-order valence-corrected chi connectivity index (χ1v) is 7.24. The number of carbonyl (C=O) groups is 1. The lowest BCUT2D eigenvalue weighted by Crippen LogP contribution is -2.37. The SMILES string of the molecule is Cc1cccc(-c2nn3c(c2C(N)=O)CN(C)CC3CF)c1. The zero-order chi connectivity index (χ0) is 15.9. The predicted molar refractivity (Wildman–Crippen MR) is 82.3 cm³/mol. The van der Waals surface area contributed by atoms with Crippen molar-refractivity contribution in [1.82, 2.24) is 14.7 Å². The van der Waals surface area contributed by atoms with E-state index in [2.05, 4.69) is 5.10 Å². The number of hydrogen-bond donors (Lipinski definition) is 1. The van der Waals surface area contributed by atoms with Crippen molar-refractivity contribution in [3.63, 3.8) is 0 Å². The summed E-state index contributed by atoms with van der Waals surface area (Å²) in [6.45, 7) is 2.55. The number of aromatic nitrogens is 2. The third kappa shape index (κ3) is 2.39. The number of nitrogens with two attached hydrogens (primary N) is 1. The van der Waals surface area contributed by atoms with Crippen LogP contribution in [-0.4, -0.2) is 40.9 Å². The van der Waals surface area contributed by atoms with Crippen molar-refractivity contribution in [2.24, 2.45) is 5.73 Å². The van der Waals surface area contributed by atoms with Crippen LogP contribution in [0.25, 0.3) is 11.3 Å². The van der Waals surface area contributed by atoms with Crippen LogP contribution in [0.2, 0.25) is 0 Å². The van der Waals surface area contributed by atoms with E-state index in [1.165, 1.54) is 0 Å². The fourth-order valence-corrected chi connectivity index (χ4v) is 3.05. The summed E-state index contributed by atoms with van der Waals surface area (Å²) in [5.41, 5.74) is 9.12. The van der Waals surface area contributed by atoms with Gasteiger partial charge in [0, 0.05) is 18.7 Å². The first kappa shape index (κ1) is 14.7. The van der Waals surface area contributed by atoms with Crippen molar-refractivity contribution in [3.8, 4) is 11.3 Å². The zero-order valence-electron chi connectivity index (χ0n) is 12.7. The Balaban J connectivity index is 2.22. The normalized spacial score (nSPS) is 18.2. The summed E-state index contributed by atoms with van der Waals surface area (Å²) in [6.07, 6.45) is 0. The molecule has 0 saturated carbocycles. The summed E-state index contributed by atoms with van der Waals surface area (Å²) < 4.78 is 15.0. The number of rotatable bonds is 3. The molecule has 0 aliphatic carbocycles. The Bertz CT molecular complexity index is 725. The molecule has 0 radical (unpaired) electrons. The van der Waals surface area contributed by atoms with Crippen LogP contribution in [0.1, 0.15) is 27.7 Å². The van der Waals surface area contributed by atoms with E-state index in [1.807, 2.05) is 43.1 Å². The van der Waals surface area contributed by atoms with Crippen LogP contribution in [-0.2, 0) is 6.54 Å². The third-order valence-electron chi connectivity index (χ3n) is 4.01. The number of likely N-dealkylation sites (N-methyl/N-ethyl adjacent to an activating group) is 1. The van der Waals surface area contributed by atoms with Gasteiger partial charge in [0.25, 0.3) is 5.91 Å². The van der Waals surface area contributed by atoms with Crippen molar-refractivity contribution in [1.29, 1.82) is 0 Å². The van der Waals surface area contributed by atoms with Gasteiger partial charge < -0.3 is 5.73 Å². The molecule has 22 heavy (non-hydrogen) atoms. The van der Waals surface area contributed by atoms with Gasteiger partial charge in [0.15, 0.2) is 0 Å². The standard InChI is InChI=1S/C16H19FN4O/c1-10-4-3-5-11(6-10)15-14(16(18)22)13-9-20(2)8-12(7-17)21(13)19-15/h3-6,12H,7-9H2,1-2H3,(H2,18,22). The Hall–Kier alpha value is -2.21. The molecule has 2 heterocycles. The van der Waals surface area contributed by atoms with E-state index in [0.717, 1.165) is 11.1 Å². The van der Waals surface area contributed by atoms with Crippen LogP contribution in [0.5, 0.6) is 0 Å². The Morgan fingerprint density at radius 3 is 2.91 bits per heavy atom. The number of carbonyl (C=O) groups excluding carboxylic acids is 1.